The Bertz CT molecular complexity index is 199. The van der Waals surface area contributed by atoms with Crippen molar-refractivity contribution < 1.29 is 0 Å². The fourth-order valence-corrected chi connectivity index (χ4v) is 1.57. The van der Waals surface area contributed by atoms with Crippen molar-refractivity contribution in [2.24, 2.45) is 0 Å². The quantitative estimate of drug-likeness (QED) is 0.708. The van der Waals surface area contributed by atoms with Crippen molar-refractivity contribution in [3.8, 4) is 0 Å². The van der Waals surface area contributed by atoms with E-state index >= 15 is 0 Å². The smallest absolute Gasteiger partial charge is 0.142 e. The summed E-state index contributed by atoms with van der Waals surface area (Å²) in [4.78, 5) is 0. The number of nitrogens with zero attached hydrogens (tertiary/aromatic N) is 2. The minimum absolute atomic E-state index is 0.547. The van der Waals surface area contributed by atoms with Crippen LogP contribution in [-0.4, -0.2) is 10.2 Å². The summed E-state index contributed by atoms with van der Waals surface area (Å²) in [6.45, 7) is 2.16. The van der Waals surface area contributed by atoms with Crippen molar-refractivity contribution in [3.05, 3.63) is 9.47 Å². The minimum atomic E-state index is 0.547. The number of halogens is 1. The second-order valence-electron chi connectivity index (χ2n) is 2.05. The Hall–Kier alpha value is -0.150. The van der Waals surface area contributed by atoms with Gasteiger partial charge in [-0.05, 0) is 18.0 Å². The van der Waals surface area contributed by atoms with Crippen LogP contribution in [0.15, 0.2) is 0 Å². The van der Waals surface area contributed by atoms with Gasteiger partial charge in [0.1, 0.15) is 5.01 Å². The van der Waals surface area contributed by atoms with Crippen LogP contribution in [-0.2, 0) is 6.42 Å². The van der Waals surface area contributed by atoms with E-state index < -0.39 is 0 Å². The Balaban J connectivity index is 2.42. The fraction of sp³-hybridized carbons (Fsp3) is 0.667. The molecule has 0 aliphatic heterocycles. The maximum Gasteiger partial charge on any atom is 0.207 e. The Morgan fingerprint density at radius 2 is 2.30 bits per heavy atom. The number of unbranched alkanes of at least 4 members (excludes halogenated alkanes) is 1. The maximum atomic E-state index is 5.58. The standard InChI is InChI=1S/C6H9ClN2S/c1-2-3-4-5-8-9-6(7)10-5/h2-4H2,1H3. The first kappa shape index (κ1) is 7.95. The van der Waals surface area contributed by atoms with E-state index in [0.29, 0.717) is 4.47 Å². The van der Waals surface area contributed by atoms with Gasteiger partial charge in [0.05, 0.1) is 0 Å². The summed E-state index contributed by atoms with van der Waals surface area (Å²) >= 11 is 7.06. The largest absolute Gasteiger partial charge is 0.207 e. The molecule has 1 rings (SSSR count). The number of rotatable bonds is 3. The highest BCUT2D eigenvalue weighted by molar-refractivity contribution is 7.15. The molecule has 0 N–H and O–H groups in total. The molecule has 0 unspecified atom stereocenters. The molecule has 0 radical (unpaired) electrons. The molecular formula is C6H9ClN2S. The average Bonchev–Trinajstić information content (AvgIpc) is 2.31. The van der Waals surface area contributed by atoms with Gasteiger partial charge in [-0.25, -0.2) is 0 Å². The highest BCUT2D eigenvalue weighted by Gasteiger charge is 1.99. The predicted molar refractivity (Wildman–Crippen MR) is 43.5 cm³/mol. The summed E-state index contributed by atoms with van der Waals surface area (Å²) in [5.74, 6) is 0. The van der Waals surface area contributed by atoms with Crippen molar-refractivity contribution in [2.75, 3.05) is 0 Å². The van der Waals surface area contributed by atoms with Gasteiger partial charge >= 0.3 is 0 Å². The lowest BCUT2D eigenvalue weighted by atomic mass is 10.3. The predicted octanol–water partition coefficient (Wildman–Crippen LogP) is 2.53. The Morgan fingerprint density at radius 1 is 1.50 bits per heavy atom. The summed E-state index contributed by atoms with van der Waals surface area (Å²) in [7, 11) is 0. The third-order valence-electron chi connectivity index (χ3n) is 1.19. The molecule has 0 aliphatic carbocycles. The van der Waals surface area contributed by atoms with E-state index in [1.807, 2.05) is 0 Å². The van der Waals surface area contributed by atoms with Crippen LogP contribution in [0.25, 0.3) is 0 Å². The van der Waals surface area contributed by atoms with E-state index in [-0.39, 0.29) is 0 Å². The highest BCUT2D eigenvalue weighted by Crippen LogP contribution is 2.16. The second-order valence-corrected chi connectivity index (χ2v) is 3.70. The van der Waals surface area contributed by atoms with Crippen molar-refractivity contribution in [2.45, 2.75) is 26.2 Å². The fourth-order valence-electron chi connectivity index (χ4n) is 0.662. The van der Waals surface area contributed by atoms with E-state index in [9.17, 15) is 0 Å². The van der Waals surface area contributed by atoms with Gasteiger partial charge in [-0.3, -0.25) is 0 Å². The van der Waals surface area contributed by atoms with Crippen molar-refractivity contribution in [1.29, 1.82) is 0 Å². The molecule has 2 nitrogen and oxygen atoms in total. The lowest BCUT2D eigenvalue weighted by Gasteiger charge is -1.87. The summed E-state index contributed by atoms with van der Waals surface area (Å²) in [6.07, 6.45) is 3.38. The van der Waals surface area contributed by atoms with Gasteiger partial charge < -0.3 is 0 Å². The van der Waals surface area contributed by atoms with E-state index in [1.54, 1.807) is 0 Å². The zero-order valence-corrected chi connectivity index (χ0v) is 7.37. The highest BCUT2D eigenvalue weighted by atomic mass is 35.5. The summed E-state index contributed by atoms with van der Waals surface area (Å²) < 4.78 is 0.547. The monoisotopic (exact) mass is 176 g/mol. The van der Waals surface area contributed by atoms with E-state index in [4.69, 9.17) is 11.6 Å². The van der Waals surface area contributed by atoms with Crippen molar-refractivity contribution >= 4 is 22.9 Å². The van der Waals surface area contributed by atoms with Gasteiger partial charge in [-0.1, -0.05) is 24.7 Å². The Morgan fingerprint density at radius 3 is 2.80 bits per heavy atom. The van der Waals surface area contributed by atoms with Gasteiger partial charge in [0.2, 0.25) is 4.47 Å². The van der Waals surface area contributed by atoms with Gasteiger partial charge in [0.15, 0.2) is 0 Å². The first-order valence-electron chi connectivity index (χ1n) is 3.31. The first-order chi connectivity index (χ1) is 4.83. The molecule has 1 aromatic rings. The topological polar surface area (TPSA) is 25.8 Å². The van der Waals surface area contributed by atoms with Gasteiger partial charge in [-0.15, -0.1) is 10.2 Å². The van der Waals surface area contributed by atoms with Crippen molar-refractivity contribution in [1.82, 2.24) is 10.2 Å². The molecular weight excluding hydrogens is 168 g/mol. The number of hydrogen-bond acceptors (Lipinski definition) is 3. The minimum Gasteiger partial charge on any atom is -0.142 e. The zero-order valence-electron chi connectivity index (χ0n) is 5.80. The maximum absolute atomic E-state index is 5.58. The molecule has 0 spiro atoms. The van der Waals surface area contributed by atoms with E-state index in [1.165, 1.54) is 24.2 Å². The van der Waals surface area contributed by atoms with Crippen LogP contribution in [0.1, 0.15) is 24.8 Å². The normalized spacial score (nSPS) is 10.2. The molecule has 56 valence electrons. The molecule has 4 heteroatoms. The third-order valence-corrected chi connectivity index (χ3v) is 2.26. The van der Waals surface area contributed by atoms with Crippen LogP contribution < -0.4 is 0 Å². The van der Waals surface area contributed by atoms with Gasteiger partial charge in [0.25, 0.3) is 0 Å². The van der Waals surface area contributed by atoms with Crippen LogP contribution in [0, 0.1) is 0 Å². The lowest BCUT2D eigenvalue weighted by molar-refractivity contribution is 0.779. The molecule has 0 amide bonds. The molecule has 1 aromatic heterocycles. The van der Waals surface area contributed by atoms with Crippen LogP contribution in [0.4, 0.5) is 0 Å². The zero-order chi connectivity index (χ0) is 7.40. The lowest BCUT2D eigenvalue weighted by Crippen LogP contribution is -1.81. The Labute approximate surface area is 69.2 Å². The Kier molecular flexibility index (Phi) is 3.09. The molecule has 0 atom stereocenters. The first-order valence-corrected chi connectivity index (χ1v) is 4.50. The van der Waals surface area contributed by atoms with Crippen LogP contribution in [0.5, 0.6) is 0 Å². The van der Waals surface area contributed by atoms with Gasteiger partial charge in [-0.2, -0.15) is 0 Å². The van der Waals surface area contributed by atoms with Crippen LogP contribution >= 0.6 is 22.9 Å². The second kappa shape index (κ2) is 3.88. The summed E-state index contributed by atoms with van der Waals surface area (Å²) in [5.41, 5.74) is 0. The molecule has 1 heterocycles. The molecule has 0 bridgehead atoms. The summed E-state index contributed by atoms with van der Waals surface area (Å²) in [6, 6.07) is 0. The molecule has 0 aliphatic rings. The summed E-state index contributed by atoms with van der Waals surface area (Å²) in [5, 5.41) is 8.64. The van der Waals surface area contributed by atoms with Gasteiger partial charge in [0, 0.05) is 6.42 Å². The number of aromatic nitrogens is 2. The van der Waals surface area contributed by atoms with Crippen molar-refractivity contribution in [3.63, 3.8) is 0 Å². The number of hydrogen-bond donors (Lipinski definition) is 0. The van der Waals surface area contributed by atoms with Crippen LogP contribution in [0.2, 0.25) is 4.47 Å². The third kappa shape index (κ3) is 2.23. The average molecular weight is 177 g/mol. The molecule has 0 saturated heterocycles. The molecule has 0 aromatic carbocycles. The van der Waals surface area contributed by atoms with E-state index in [2.05, 4.69) is 17.1 Å². The molecule has 10 heavy (non-hydrogen) atoms. The van der Waals surface area contributed by atoms with E-state index in [0.717, 1.165) is 11.4 Å². The molecule has 0 saturated carbocycles. The number of aryl methyl sites for hydroxylation is 1. The molecule has 0 fully saturated rings. The SMILES string of the molecule is CCCCc1nnc(Cl)s1. The van der Waals surface area contributed by atoms with Crippen LogP contribution in [0.3, 0.4) is 0 Å².